The molecule has 4 heteroatoms. The van der Waals surface area contributed by atoms with Crippen LogP contribution in [0.4, 0.5) is 0 Å². The van der Waals surface area contributed by atoms with Crippen molar-refractivity contribution in [1.29, 1.82) is 0 Å². The van der Waals surface area contributed by atoms with E-state index in [1.54, 1.807) is 0 Å². The van der Waals surface area contributed by atoms with Gasteiger partial charge < -0.3 is 4.90 Å². The van der Waals surface area contributed by atoms with Crippen molar-refractivity contribution in [2.45, 2.75) is 84.7 Å². The Morgan fingerprint density at radius 3 is 2.00 bits per heavy atom. The number of nitrogens with zero attached hydrogens (tertiary/aromatic N) is 2. The van der Waals surface area contributed by atoms with Gasteiger partial charge in [0.05, 0.1) is 5.41 Å². The second-order valence-electron chi connectivity index (χ2n) is 7.80. The molecule has 2 fully saturated rings. The molecule has 0 aromatic rings. The predicted molar refractivity (Wildman–Crippen MR) is 92.8 cm³/mol. The van der Waals surface area contributed by atoms with Crippen LogP contribution in [-0.4, -0.2) is 40.4 Å². The van der Waals surface area contributed by atoms with E-state index in [9.17, 15) is 4.79 Å². The van der Waals surface area contributed by atoms with E-state index in [1.807, 2.05) is 4.42 Å². The zero-order valence-electron chi connectivity index (χ0n) is 14.8. The number of piperidine rings is 1. The van der Waals surface area contributed by atoms with Crippen molar-refractivity contribution in [3.05, 3.63) is 0 Å². The van der Waals surface area contributed by atoms with Crippen LogP contribution in [0.5, 0.6) is 0 Å². The Kier molecular flexibility index (Phi) is 6.18. The summed E-state index contributed by atoms with van der Waals surface area (Å²) >= 11 is 6.20. The minimum Gasteiger partial charge on any atom is -0.337 e. The zero-order valence-corrected chi connectivity index (χ0v) is 15.5. The SMILES string of the molecule is CC(C)N(C(=O)C1(C2CCCCC2)CCN(Cl)CC1)C(C)C. The second-order valence-corrected chi connectivity index (χ2v) is 8.28. The molecule has 1 saturated carbocycles. The maximum Gasteiger partial charge on any atom is 0.229 e. The van der Waals surface area contributed by atoms with Gasteiger partial charge in [0.25, 0.3) is 0 Å². The highest BCUT2D eigenvalue weighted by Gasteiger charge is 2.49. The van der Waals surface area contributed by atoms with E-state index in [1.165, 1.54) is 32.1 Å². The molecule has 1 saturated heterocycles. The molecule has 1 amide bonds. The lowest BCUT2D eigenvalue weighted by Gasteiger charge is -2.49. The third kappa shape index (κ3) is 3.62. The second kappa shape index (κ2) is 7.53. The number of amides is 1. The molecule has 0 aromatic heterocycles. The van der Waals surface area contributed by atoms with Gasteiger partial charge in [0.15, 0.2) is 0 Å². The molecule has 22 heavy (non-hydrogen) atoms. The topological polar surface area (TPSA) is 23.6 Å². The average molecular weight is 329 g/mol. The molecule has 0 spiro atoms. The van der Waals surface area contributed by atoms with Crippen LogP contribution in [0.3, 0.4) is 0 Å². The first-order valence-electron chi connectivity index (χ1n) is 9.12. The summed E-state index contributed by atoms with van der Waals surface area (Å²) in [6.45, 7) is 10.3. The van der Waals surface area contributed by atoms with E-state index in [-0.39, 0.29) is 17.5 Å². The van der Waals surface area contributed by atoms with Crippen molar-refractivity contribution in [3.8, 4) is 0 Å². The van der Waals surface area contributed by atoms with Crippen LogP contribution in [0.25, 0.3) is 0 Å². The first-order valence-corrected chi connectivity index (χ1v) is 9.46. The maximum atomic E-state index is 13.6. The summed E-state index contributed by atoms with van der Waals surface area (Å²) in [5.74, 6) is 0.952. The summed E-state index contributed by atoms with van der Waals surface area (Å²) in [7, 11) is 0. The molecule has 0 atom stereocenters. The number of hydrogen-bond acceptors (Lipinski definition) is 2. The molecule has 2 rings (SSSR count). The van der Waals surface area contributed by atoms with Crippen molar-refractivity contribution in [3.63, 3.8) is 0 Å². The molecular formula is C18H33ClN2O. The lowest BCUT2D eigenvalue weighted by atomic mass is 9.63. The van der Waals surface area contributed by atoms with Crippen molar-refractivity contribution in [1.82, 2.24) is 9.32 Å². The molecule has 2 aliphatic rings. The van der Waals surface area contributed by atoms with Crippen LogP contribution in [0.1, 0.15) is 72.6 Å². The Morgan fingerprint density at radius 2 is 1.55 bits per heavy atom. The molecule has 0 bridgehead atoms. The van der Waals surface area contributed by atoms with Crippen LogP contribution >= 0.6 is 11.8 Å². The van der Waals surface area contributed by atoms with E-state index in [0.717, 1.165) is 25.9 Å². The number of hydrogen-bond donors (Lipinski definition) is 0. The molecule has 0 unspecified atom stereocenters. The van der Waals surface area contributed by atoms with E-state index in [4.69, 9.17) is 11.8 Å². The van der Waals surface area contributed by atoms with Gasteiger partial charge in [-0.15, -0.1) is 0 Å². The van der Waals surface area contributed by atoms with Crippen LogP contribution in [-0.2, 0) is 4.79 Å². The van der Waals surface area contributed by atoms with Gasteiger partial charge in [-0.2, -0.15) is 0 Å². The number of halogens is 1. The number of carbonyl (C=O) groups excluding carboxylic acids is 1. The first-order chi connectivity index (χ1) is 10.4. The Balaban J connectivity index is 2.28. The van der Waals surface area contributed by atoms with Crippen LogP contribution in [0.2, 0.25) is 0 Å². The zero-order chi connectivity index (χ0) is 16.3. The minimum atomic E-state index is -0.166. The van der Waals surface area contributed by atoms with Crippen molar-refractivity contribution >= 4 is 17.7 Å². The summed E-state index contributed by atoms with van der Waals surface area (Å²) < 4.78 is 1.86. The van der Waals surface area contributed by atoms with E-state index < -0.39 is 0 Å². The molecule has 0 N–H and O–H groups in total. The monoisotopic (exact) mass is 328 g/mol. The van der Waals surface area contributed by atoms with Gasteiger partial charge in [-0.05, 0) is 71.1 Å². The number of rotatable bonds is 4. The van der Waals surface area contributed by atoms with Gasteiger partial charge in [0.1, 0.15) is 0 Å². The highest BCUT2D eigenvalue weighted by molar-refractivity contribution is 6.13. The fourth-order valence-corrected chi connectivity index (χ4v) is 4.82. The number of carbonyl (C=O) groups is 1. The Hall–Kier alpha value is -0.280. The van der Waals surface area contributed by atoms with Gasteiger partial charge in [0, 0.05) is 25.2 Å². The maximum absolute atomic E-state index is 13.6. The lowest BCUT2D eigenvalue weighted by Crippen LogP contribution is -2.56. The highest BCUT2D eigenvalue weighted by atomic mass is 35.5. The summed E-state index contributed by atoms with van der Waals surface area (Å²) in [4.78, 5) is 15.7. The first kappa shape index (κ1) is 18.1. The standard InChI is InChI=1S/C18H33ClN2O/c1-14(2)21(15(3)4)17(22)18(10-12-20(19)13-11-18)16-8-6-5-7-9-16/h14-16H,5-13H2,1-4H3. The normalized spacial score (nSPS) is 24.0. The van der Waals surface area contributed by atoms with Crippen molar-refractivity contribution in [2.24, 2.45) is 11.3 Å². The van der Waals surface area contributed by atoms with Crippen LogP contribution < -0.4 is 0 Å². The minimum absolute atomic E-state index is 0.166. The van der Waals surface area contributed by atoms with E-state index in [2.05, 4.69) is 32.6 Å². The van der Waals surface area contributed by atoms with Gasteiger partial charge in [-0.25, -0.2) is 4.42 Å². The third-order valence-corrected chi connectivity index (χ3v) is 6.10. The molecule has 1 aliphatic heterocycles. The van der Waals surface area contributed by atoms with Crippen LogP contribution in [0, 0.1) is 11.3 Å². The molecular weight excluding hydrogens is 296 g/mol. The molecule has 0 radical (unpaired) electrons. The highest BCUT2D eigenvalue weighted by Crippen LogP contribution is 2.47. The van der Waals surface area contributed by atoms with E-state index in [0.29, 0.717) is 11.8 Å². The fourth-order valence-electron chi connectivity index (χ4n) is 4.65. The van der Waals surface area contributed by atoms with E-state index >= 15 is 0 Å². The smallest absolute Gasteiger partial charge is 0.229 e. The predicted octanol–water partition coefficient (Wildman–Crippen LogP) is 4.45. The van der Waals surface area contributed by atoms with Crippen LogP contribution in [0.15, 0.2) is 0 Å². The van der Waals surface area contributed by atoms with Crippen molar-refractivity contribution < 1.29 is 4.79 Å². The molecule has 1 heterocycles. The molecule has 0 aromatic carbocycles. The lowest BCUT2D eigenvalue weighted by molar-refractivity contribution is -0.154. The third-order valence-electron chi connectivity index (χ3n) is 5.76. The molecule has 1 aliphatic carbocycles. The van der Waals surface area contributed by atoms with Gasteiger partial charge in [0.2, 0.25) is 5.91 Å². The largest absolute Gasteiger partial charge is 0.337 e. The molecule has 128 valence electrons. The van der Waals surface area contributed by atoms with Gasteiger partial charge in [-0.3, -0.25) is 4.79 Å². The van der Waals surface area contributed by atoms with Gasteiger partial charge >= 0.3 is 0 Å². The fraction of sp³-hybridized carbons (Fsp3) is 0.944. The van der Waals surface area contributed by atoms with Gasteiger partial charge in [-0.1, -0.05) is 19.3 Å². The summed E-state index contributed by atoms with van der Waals surface area (Å²) in [6.07, 6.45) is 8.20. The quantitative estimate of drug-likeness (QED) is 0.712. The Bertz CT molecular complexity index is 361. The summed E-state index contributed by atoms with van der Waals surface area (Å²) in [6, 6.07) is 0.531. The summed E-state index contributed by atoms with van der Waals surface area (Å²) in [5, 5.41) is 0. The Morgan fingerprint density at radius 1 is 1.05 bits per heavy atom. The summed E-state index contributed by atoms with van der Waals surface area (Å²) in [5.41, 5.74) is -0.166. The van der Waals surface area contributed by atoms with Crippen molar-refractivity contribution in [2.75, 3.05) is 13.1 Å². The average Bonchev–Trinajstić information content (AvgIpc) is 2.48. The Labute approximate surface area is 141 Å². The molecule has 3 nitrogen and oxygen atoms in total.